The van der Waals surface area contributed by atoms with E-state index in [9.17, 15) is 38.8 Å². The number of piperidine rings is 1. The van der Waals surface area contributed by atoms with Gasteiger partial charge in [0.05, 0.1) is 24.4 Å². The number of nitrogens with zero attached hydrogens (tertiary/aromatic N) is 1. The summed E-state index contributed by atoms with van der Waals surface area (Å²) in [4.78, 5) is 72.1. The van der Waals surface area contributed by atoms with Gasteiger partial charge in [0.2, 0.25) is 5.79 Å². The fourth-order valence-corrected chi connectivity index (χ4v) is 11.1. The van der Waals surface area contributed by atoms with E-state index in [1.165, 1.54) is 19.1 Å². The number of nitrogens with two attached hydrogens (primary N) is 2. The number of hydrogen-bond acceptors (Lipinski definition) is 14. The topological polar surface area (TPSA) is 254 Å². The highest BCUT2D eigenvalue weighted by molar-refractivity contribution is 7.53. The molecule has 4 rings (SSSR count). The van der Waals surface area contributed by atoms with Crippen LogP contribution in [0.4, 0.5) is 0 Å². The van der Waals surface area contributed by atoms with Crippen molar-refractivity contribution in [1.29, 1.82) is 0 Å². The predicted octanol–water partition coefficient (Wildman–Crippen LogP) is 6.23. The molecule has 0 aromatic carbocycles. The van der Waals surface area contributed by atoms with Gasteiger partial charge in [0.15, 0.2) is 5.78 Å². The number of hydrogen-bond donors (Lipinski definition) is 4. The summed E-state index contributed by atoms with van der Waals surface area (Å²) in [5.41, 5.74) is 12.3. The summed E-state index contributed by atoms with van der Waals surface area (Å²) in [7, 11) is 0.659. The molecule has 0 aromatic rings. The molecule has 3 fully saturated rings. The van der Waals surface area contributed by atoms with Crippen molar-refractivity contribution in [2.24, 2.45) is 46.5 Å². The van der Waals surface area contributed by atoms with Crippen molar-refractivity contribution in [1.82, 2.24) is 4.90 Å². The van der Waals surface area contributed by atoms with E-state index in [0.29, 0.717) is 69.8 Å². The van der Waals surface area contributed by atoms with Gasteiger partial charge in [-0.1, -0.05) is 71.1 Å². The van der Waals surface area contributed by atoms with Crippen molar-refractivity contribution in [2.45, 2.75) is 180 Å². The van der Waals surface area contributed by atoms with Gasteiger partial charge >= 0.3 is 13.6 Å². The SMILES string of the molecule is CO[C@H]1C[C@@H]2CC[C@@H](C)[C@@](O)(O2)C(=O)C(=O)N2CCCCC2C(=O)OC([C@H](C)CC2CC[C@@H](OP(N)(N)=O)[C@H](OC)C2)CC(=O)[C@H](C)/C=C(\C)[C@@H](O)[C@@H](OC)C(=O)[C@H](C)C[C@H](C)/C=C/C=C/C=C/1C. The number of rotatable bonds is 8. The van der Waals surface area contributed by atoms with Gasteiger partial charge < -0.3 is 43.3 Å². The molecular formula is C51H82N3O14P. The summed E-state index contributed by atoms with van der Waals surface area (Å²) >= 11 is 0. The standard InChI is InChI=1S/C51H82N3O14P/c1-30-16-12-11-13-17-31(2)42(63-8)28-38-21-19-36(7)51(61,67-38)48(58)49(59)54-23-15-14-18-39(54)50(60)66-43(33(4)26-37-20-22-41(44(27-37)64-9)68-69(52,53)62)29-40(55)32(3)25-35(6)46(57)47(65-10)45(56)34(5)24-30/h11-13,16-17,25,30,32-34,36-39,41-44,46-47,57,61H,14-15,18-24,26-29H2,1-10H3,(H4,52,53,62)/b13-11+,16-12+,31-17+,35-25+/t30-,32-,33-,34-,36-,37?,38+,39?,41-,42+,43?,44-,46-,47+,51-/m1/s1. The Balaban J connectivity index is 1.70. The molecule has 1 saturated carbocycles. The molecule has 17 nitrogen and oxygen atoms in total. The maximum absolute atomic E-state index is 14.5. The minimum atomic E-state index is -3.79. The van der Waals surface area contributed by atoms with Crippen LogP contribution in [-0.2, 0) is 56.7 Å². The van der Waals surface area contributed by atoms with Gasteiger partial charge in [-0.15, -0.1) is 0 Å². The van der Waals surface area contributed by atoms with Crippen molar-refractivity contribution in [2.75, 3.05) is 27.9 Å². The molecule has 2 saturated heterocycles. The summed E-state index contributed by atoms with van der Waals surface area (Å²) in [5, 5.41) is 23.4. The van der Waals surface area contributed by atoms with Crippen LogP contribution in [0.25, 0.3) is 0 Å². The number of cyclic esters (lactones) is 1. The first kappa shape index (κ1) is 58.4. The highest BCUT2D eigenvalue weighted by atomic mass is 31.2. The molecule has 2 bridgehead atoms. The molecule has 0 radical (unpaired) electrons. The van der Waals surface area contributed by atoms with E-state index < -0.39 is 104 Å². The van der Waals surface area contributed by atoms with Crippen LogP contribution in [0, 0.1) is 35.5 Å². The van der Waals surface area contributed by atoms with Crippen LogP contribution in [-0.4, -0.2) is 127 Å². The Labute approximate surface area is 409 Å². The maximum Gasteiger partial charge on any atom is 0.335 e. The number of fused-ring (bicyclic) bond motifs is 3. The Morgan fingerprint density at radius 1 is 0.870 bits per heavy atom. The van der Waals surface area contributed by atoms with Gasteiger partial charge in [0.1, 0.15) is 30.1 Å². The second kappa shape index (κ2) is 26.5. The molecule has 390 valence electrons. The molecule has 0 aromatic heterocycles. The van der Waals surface area contributed by atoms with Gasteiger partial charge in [-0.3, -0.25) is 23.7 Å². The zero-order valence-electron chi connectivity index (χ0n) is 42.6. The number of amides is 1. The summed E-state index contributed by atoms with van der Waals surface area (Å²) in [6.07, 6.45) is 10.2. The van der Waals surface area contributed by atoms with Crippen LogP contribution in [0.15, 0.2) is 47.6 Å². The van der Waals surface area contributed by atoms with E-state index >= 15 is 0 Å². The van der Waals surface area contributed by atoms with Crippen LogP contribution in [0.1, 0.15) is 126 Å². The maximum atomic E-state index is 14.5. The summed E-state index contributed by atoms with van der Waals surface area (Å²) in [6, 6.07) is -1.18. The second-order valence-electron chi connectivity index (χ2n) is 20.3. The molecule has 69 heavy (non-hydrogen) atoms. The monoisotopic (exact) mass is 992 g/mol. The number of aliphatic hydroxyl groups excluding tert-OH is 1. The van der Waals surface area contributed by atoms with E-state index in [1.54, 1.807) is 40.9 Å². The molecule has 18 heteroatoms. The molecule has 0 spiro atoms. The largest absolute Gasteiger partial charge is 0.460 e. The molecule has 4 aliphatic rings. The van der Waals surface area contributed by atoms with Crippen LogP contribution in [0.2, 0.25) is 0 Å². The Morgan fingerprint density at radius 3 is 2.23 bits per heavy atom. The highest BCUT2D eigenvalue weighted by Crippen LogP contribution is 2.41. The van der Waals surface area contributed by atoms with Gasteiger partial charge in [0.25, 0.3) is 11.7 Å². The third-order valence-corrected chi connectivity index (χ3v) is 15.4. The lowest BCUT2D eigenvalue weighted by Crippen LogP contribution is -2.61. The van der Waals surface area contributed by atoms with E-state index in [2.05, 4.69) is 0 Å². The fourth-order valence-electron chi connectivity index (χ4n) is 10.4. The number of allylic oxidation sites excluding steroid dienone is 6. The molecule has 15 atom stereocenters. The van der Waals surface area contributed by atoms with Crippen molar-refractivity contribution in [3.63, 3.8) is 0 Å². The number of esters is 1. The van der Waals surface area contributed by atoms with Gasteiger partial charge in [-0.2, -0.15) is 0 Å². The average molecular weight is 992 g/mol. The van der Waals surface area contributed by atoms with Crippen molar-refractivity contribution in [3.05, 3.63) is 47.6 Å². The second-order valence-corrected chi connectivity index (χ2v) is 21.8. The number of aliphatic hydroxyl groups is 2. The Morgan fingerprint density at radius 2 is 1.58 bits per heavy atom. The predicted molar refractivity (Wildman–Crippen MR) is 260 cm³/mol. The van der Waals surface area contributed by atoms with Gasteiger partial charge in [-0.05, 0) is 107 Å². The molecule has 1 aliphatic carbocycles. The summed E-state index contributed by atoms with van der Waals surface area (Å²) < 4.78 is 47.1. The Bertz CT molecular complexity index is 1950. The molecular weight excluding hydrogens is 910 g/mol. The Kier molecular flexibility index (Phi) is 22.4. The molecule has 3 aliphatic heterocycles. The fraction of sp³-hybridized carbons (Fsp3) is 0.745. The number of ketones is 3. The summed E-state index contributed by atoms with van der Waals surface area (Å²) in [6.45, 7) is 12.6. The third kappa shape index (κ3) is 16.1. The minimum absolute atomic E-state index is 0.00261. The zero-order chi connectivity index (χ0) is 51.4. The van der Waals surface area contributed by atoms with E-state index in [1.807, 2.05) is 51.2 Å². The first-order valence-corrected chi connectivity index (χ1v) is 26.5. The van der Waals surface area contributed by atoms with Crippen molar-refractivity contribution >= 4 is 36.9 Å². The van der Waals surface area contributed by atoms with E-state index in [-0.39, 0.29) is 42.8 Å². The number of methoxy groups -OCH3 is 3. The summed E-state index contributed by atoms with van der Waals surface area (Å²) in [5.74, 6) is -8.41. The lowest BCUT2D eigenvalue weighted by Gasteiger charge is -2.42. The highest BCUT2D eigenvalue weighted by Gasteiger charge is 2.53. The van der Waals surface area contributed by atoms with Crippen LogP contribution in [0.5, 0.6) is 0 Å². The van der Waals surface area contributed by atoms with Crippen LogP contribution < -0.4 is 11.0 Å². The van der Waals surface area contributed by atoms with Gasteiger partial charge in [-0.25, -0.2) is 15.8 Å². The first-order valence-electron chi connectivity index (χ1n) is 24.8. The normalized spacial score (nSPS) is 39.0. The Hall–Kier alpha value is -3.22. The van der Waals surface area contributed by atoms with Gasteiger partial charge in [0, 0.05) is 58.5 Å². The number of ether oxygens (including phenoxy) is 5. The number of carbonyl (C=O) groups excluding carboxylic acids is 5. The minimum Gasteiger partial charge on any atom is -0.460 e. The molecule has 3 heterocycles. The van der Waals surface area contributed by atoms with E-state index in [0.717, 1.165) is 5.57 Å². The van der Waals surface area contributed by atoms with Crippen molar-refractivity contribution in [3.8, 4) is 0 Å². The zero-order valence-corrected chi connectivity index (χ0v) is 43.5. The first-order chi connectivity index (χ1) is 32.4. The molecule has 1 amide bonds. The van der Waals surface area contributed by atoms with E-state index in [4.69, 9.17) is 39.2 Å². The molecule has 3 unspecified atom stereocenters. The van der Waals surface area contributed by atoms with Crippen LogP contribution in [0.3, 0.4) is 0 Å². The smallest absolute Gasteiger partial charge is 0.335 e. The van der Waals surface area contributed by atoms with Crippen molar-refractivity contribution < 1.29 is 67.0 Å². The average Bonchev–Trinajstić information content (AvgIpc) is 3.30. The number of carbonyl (C=O) groups is 5. The molecule has 6 N–H and O–H groups in total. The van der Waals surface area contributed by atoms with Crippen LogP contribution >= 0.6 is 7.67 Å². The quantitative estimate of drug-likeness (QED) is 0.0910. The number of Topliss-reactive ketones (excluding diaryl/α,β-unsaturated/α-hetero) is 3. The lowest BCUT2D eigenvalue weighted by atomic mass is 9.78. The third-order valence-electron chi connectivity index (χ3n) is 14.8. The lowest BCUT2D eigenvalue weighted by molar-refractivity contribution is -0.265.